The number of fused-ring (bicyclic) bond motifs is 1. The molecule has 2 aliphatic rings. The van der Waals surface area contributed by atoms with Crippen LogP contribution in [0.25, 0.3) is 0 Å². The summed E-state index contributed by atoms with van der Waals surface area (Å²) < 4.78 is 6.92. The summed E-state index contributed by atoms with van der Waals surface area (Å²) in [4.78, 5) is 28.0. The molecule has 0 bridgehead atoms. The van der Waals surface area contributed by atoms with Gasteiger partial charge in [0.25, 0.3) is 5.91 Å². The smallest absolute Gasteiger partial charge is 0.251 e. The van der Waals surface area contributed by atoms with E-state index in [9.17, 15) is 9.59 Å². The first-order valence-corrected chi connectivity index (χ1v) is 11.5. The van der Waals surface area contributed by atoms with Crippen LogP contribution in [0.4, 0.5) is 5.00 Å². The lowest BCUT2D eigenvalue weighted by atomic mass is 9.95. The van der Waals surface area contributed by atoms with Crippen molar-refractivity contribution in [3.8, 4) is 0 Å². The van der Waals surface area contributed by atoms with Crippen LogP contribution in [0, 0.1) is 0 Å². The van der Waals surface area contributed by atoms with Crippen molar-refractivity contribution < 1.29 is 14.3 Å². The van der Waals surface area contributed by atoms with E-state index in [1.807, 2.05) is 24.3 Å². The van der Waals surface area contributed by atoms with Crippen molar-refractivity contribution in [2.45, 2.75) is 31.8 Å². The molecule has 2 amide bonds. The molecule has 0 spiro atoms. The number of benzene rings is 1. The van der Waals surface area contributed by atoms with E-state index in [-0.39, 0.29) is 18.6 Å². The number of halogens is 1. The highest BCUT2D eigenvalue weighted by Gasteiger charge is 2.27. The van der Waals surface area contributed by atoms with Crippen molar-refractivity contribution in [1.82, 2.24) is 4.90 Å². The van der Waals surface area contributed by atoms with Gasteiger partial charge in [-0.3, -0.25) is 14.5 Å². The molecule has 3 N–H and O–H groups in total. The van der Waals surface area contributed by atoms with Gasteiger partial charge >= 0.3 is 0 Å². The molecular formula is C21H24BrN3O3S. The Labute approximate surface area is 182 Å². The zero-order valence-corrected chi connectivity index (χ0v) is 18.5. The minimum absolute atomic E-state index is 0.0557. The third-order valence-electron chi connectivity index (χ3n) is 5.43. The molecule has 1 fully saturated rings. The number of aryl methyl sites for hydroxylation is 1. The third kappa shape index (κ3) is 4.71. The van der Waals surface area contributed by atoms with Crippen molar-refractivity contribution in [2.75, 3.05) is 31.6 Å². The molecule has 0 saturated carbocycles. The zero-order chi connectivity index (χ0) is 20.4. The first kappa shape index (κ1) is 20.5. The van der Waals surface area contributed by atoms with Crippen LogP contribution in [-0.2, 0) is 22.4 Å². The number of primary amides is 1. The average Bonchev–Trinajstić information content (AvgIpc) is 3.06. The van der Waals surface area contributed by atoms with E-state index in [4.69, 9.17) is 10.5 Å². The number of nitrogens with one attached hydrogen (secondary N) is 1. The quantitative estimate of drug-likeness (QED) is 0.689. The van der Waals surface area contributed by atoms with Gasteiger partial charge in [-0.1, -0.05) is 28.1 Å². The molecule has 29 heavy (non-hydrogen) atoms. The predicted octanol–water partition coefficient (Wildman–Crippen LogP) is 3.50. The minimum Gasteiger partial charge on any atom is -0.371 e. The Bertz CT molecular complexity index is 913. The topological polar surface area (TPSA) is 84.7 Å². The highest BCUT2D eigenvalue weighted by Crippen LogP contribution is 2.37. The van der Waals surface area contributed by atoms with Crippen LogP contribution in [0.5, 0.6) is 0 Å². The number of ether oxygens (including phenoxy) is 1. The highest BCUT2D eigenvalue weighted by atomic mass is 79.9. The maximum Gasteiger partial charge on any atom is 0.251 e. The summed E-state index contributed by atoms with van der Waals surface area (Å²) in [5.74, 6) is -0.580. The lowest BCUT2D eigenvalue weighted by molar-refractivity contribution is -0.119. The molecule has 1 aromatic heterocycles. The maximum atomic E-state index is 12.7. The third-order valence-corrected chi connectivity index (χ3v) is 7.17. The number of nitrogens with two attached hydrogens (primary N) is 1. The van der Waals surface area contributed by atoms with Crippen LogP contribution in [0.1, 0.15) is 45.3 Å². The molecule has 2 aromatic rings. The van der Waals surface area contributed by atoms with Gasteiger partial charge in [-0.15, -0.1) is 11.3 Å². The lowest BCUT2D eigenvalue weighted by Crippen LogP contribution is -2.42. The molecule has 1 saturated heterocycles. The molecule has 154 valence electrons. The second kappa shape index (κ2) is 8.95. The van der Waals surface area contributed by atoms with Gasteiger partial charge in [0.05, 0.1) is 24.8 Å². The summed E-state index contributed by atoms with van der Waals surface area (Å²) in [6.07, 6.45) is 3.93. The number of hydrogen-bond donors (Lipinski definition) is 2. The fourth-order valence-corrected chi connectivity index (χ4v) is 5.58. The summed E-state index contributed by atoms with van der Waals surface area (Å²) in [5, 5.41) is 3.55. The molecule has 1 aromatic carbocycles. The monoisotopic (exact) mass is 477 g/mol. The standard InChI is InChI=1S/C21H24BrN3O3S/c22-14-7-5-13(6-8-14)16-11-25(9-10-28-16)12-18(26)24-21-19(20(23)27)15-3-1-2-4-17(15)29-21/h5-8,16H,1-4,9-12H2,(H2,23,27)(H,24,26). The molecule has 2 heterocycles. The molecule has 4 rings (SSSR count). The van der Waals surface area contributed by atoms with Crippen molar-refractivity contribution in [2.24, 2.45) is 5.73 Å². The number of carbonyl (C=O) groups excluding carboxylic acids is 2. The van der Waals surface area contributed by atoms with Gasteiger partial charge in [0.15, 0.2) is 0 Å². The normalized spacial score (nSPS) is 19.6. The van der Waals surface area contributed by atoms with Crippen molar-refractivity contribution >= 4 is 44.1 Å². The summed E-state index contributed by atoms with van der Waals surface area (Å²) in [6, 6.07) is 8.06. The lowest BCUT2D eigenvalue weighted by Gasteiger charge is -2.32. The Morgan fingerprint density at radius 1 is 1.24 bits per heavy atom. The van der Waals surface area contributed by atoms with E-state index in [0.717, 1.165) is 41.3 Å². The highest BCUT2D eigenvalue weighted by molar-refractivity contribution is 9.10. The Morgan fingerprint density at radius 2 is 2.00 bits per heavy atom. The van der Waals surface area contributed by atoms with Crippen LogP contribution in [0.3, 0.4) is 0 Å². The molecule has 0 radical (unpaired) electrons. The van der Waals surface area contributed by atoms with Gasteiger partial charge in [0, 0.05) is 22.4 Å². The summed E-state index contributed by atoms with van der Waals surface area (Å²) >= 11 is 4.95. The minimum atomic E-state index is -0.457. The average molecular weight is 478 g/mol. The van der Waals surface area contributed by atoms with E-state index in [1.165, 1.54) is 16.2 Å². The number of nitrogens with zero attached hydrogens (tertiary/aromatic N) is 1. The number of amides is 2. The first-order chi connectivity index (χ1) is 14.0. The Morgan fingerprint density at radius 3 is 2.76 bits per heavy atom. The number of rotatable bonds is 5. The van der Waals surface area contributed by atoms with Crippen LogP contribution in [-0.4, -0.2) is 43.0 Å². The summed E-state index contributed by atoms with van der Waals surface area (Å²) in [6.45, 7) is 2.19. The number of thiophene rings is 1. The van der Waals surface area contributed by atoms with Crippen molar-refractivity contribution in [3.05, 3.63) is 50.3 Å². The van der Waals surface area contributed by atoms with Gasteiger partial charge < -0.3 is 15.8 Å². The van der Waals surface area contributed by atoms with Gasteiger partial charge in [-0.2, -0.15) is 0 Å². The largest absolute Gasteiger partial charge is 0.371 e. The summed E-state index contributed by atoms with van der Waals surface area (Å²) in [7, 11) is 0. The molecular weight excluding hydrogens is 454 g/mol. The van der Waals surface area contributed by atoms with E-state index in [2.05, 4.69) is 26.1 Å². The Balaban J connectivity index is 1.41. The maximum absolute atomic E-state index is 12.7. The van der Waals surface area contributed by atoms with Gasteiger partial charge in [0.1, 0.15) is 5.00 Å². The molecule has 1 unspecified atom stereocenters. The van der Waals surface area contributed by atoms with Crippen LogP contribution >= 0.6 is 27.3 Å². The van der Waals surface area contributed by atoms with Crippen LogP contribution in [0.2, 0.25) is 0 Å². The van der Waals surface area contributed by atoms with E-state index < -0.39 is 5.91 Å². The molecule has 1 atom stereocenters. The molecule has 8 heteroatoms. The number of carbonyl (C=O) groups is 2. The van der Waals surface area contributed by atoms with E-state index >= 15 is 0 Å². The van der Waals surface area contributed by atoms with E-state index in [1.54, 1.807) is 0 Å². The number of anilines is 1. The first-order valence-electron chi connectivity index (χ1n) is 9.85. The van der Waals surface area contributed by atoms with Gasteiger partial charge in [0.2, 0.25) is 5.91 Å². The second-order valence-corrected chi connectivity index (χ2v) is 9.49. The van der Waals surface area contributed by atoms with Crippen molar-refractivity contribution in [3.63, 3.8) is 0 Å². The SMILES string of the molecule is NC(=O)c1c(NC(=O)CN2CCOC(c3ccc(Br)cc3)C2)sc2c1CCCC2. The number of hydrogen-bond acceptors (Lipinski definition) is 5. The second-order valence-electron chi connectivity index (χ2n) is 7.47. The number of morpholine rings is 1. The van der Waals surface area contributed by atoms with E-state index in [0.29, 0.717) is 30.3 Å². The molecule has 1 aliphatic carbocycles. The molecule has 1 aliphatic heterocycles. The van der Waals surface area contributed by atoms with Crippen LogP contribution < -0.4 is 11.1 Å². The Kier molecular flexibility index (Phi) is 6.34. The van der Waals surface area contributed by atoms with Crippen molar-refractivity contribution in [1.29, 1.82) is 0 Å². The van der Waals surface area contributed by atoms with Gasteiger partial charge in [-0.25, -0.2) is 0 Å². The summed E-state index contributed by atoms with van der Waals surface area (Å²) in [5.41, 5.74) is 8.26. The zero-order valence-electron chi connectivity index (χ0n) is 16.1. The fourth-order valence-electron chi connectivity index (χ4n) is 4.01. The fraction of sp³-hybridized carbons (Fsp3) is 0.429. The Hall–Kier alpha value is -1.74. The van der Waals surface area contributed by atoms with Gasteiger partial charge in [-0.05, 0) is 48.9 Å². The predicted molar refractivity (Wildman–Crippen MR) is 117 cm³/mol. The molecule has 6 nitrogen and oxygen atoms in total. The van der Waals surface area contributed by atoms with Crippen LogP contribution in [0.15, 0.2) is 28.7 Å².